The fourth-order valence-electron chi connectivity index (χ4n) is 5.22. The second-order valence-corrected chi connectivity index (χ2v) is 9.98. The summed E-state index contributed by atoms with van der Waals surface area (Å²) in [6, 6.07) is 0.476. The number of nitrogens with zero attached hydrogens (tertiary/aromatic N) is 3. The summed E-state index contributed by atoms with van der Waals surface area (Å²) in [6.07, 6.45) is 9.26. The first-order valence-electron chi connectivity index (χ1n) is 11.3. The van der Waals surface area contributed by atoms with E-state index >= 15 is 0 Å². The van der Waals surface area contributed by atoms with Crippen LogP contribution in [0.1, 0.15) is 68.5 Å². The summed E-state index contributed by atoms with van der Waals surface area (Å²) in [7, 11) is 1.76. The monoisotopic (exact) mass is 421 g/mol. The standard InChI is InChI=1S/C22H35N3O3S/c1-28-15-18-8-5-11-25(18)14-20-23-19(16-29-20)22(27)9-12-24(13-10-22)21(26)17-6-3-2-4-7-17/h16-18,27H,2-15H2,1H3/t18-/m1/s1. The number of likely N-dealkylation sites (tertiary alicyclic amines) is 2. The van der Waals surface area contributed by atoms with E-state index in [0.717, 1.165) is 43.2 Å². The van der Waals surface area contributed by atoms with Gasteiger partial charge in [-0.2, -0.15) is 0 Å². The van der Waals surface area contributed by atoms with E-state index in [0.29, 0.717) is 37.9 Å². The third-order valence-corrected chi connectivity index (χ3v) is 7.92. The lowest BCUT2D eigenvalue weighted by molar-refractivity contribution is -0.141. The largest absolute Gasteiger partial charge is 0.383 e. The van der Waals surface area contributed by atoms with Gasteiger partial charge in [0.15, 0.2) is 0 Å². The smallest absolute Gasteiger partial charge is 0.225 e. The molecule has 0 aromatic carbocycles. The molecule has 1 aromatic heterocycles. The molecule has 1 N–H and O–H groups in total. The number of ether oxygens (including phenoxy) is 1. The molecule has 6 nitrogen and oxygen atoms in total. The van der Waals surface area contributed by atoms with Crippen molar-refractivity contribution in [2.75, 3.05) is 33.4 Å². The minimum Gasteiger partial charge on any atom is -0.383 e. The minimum absolute atomic E-state index is 0.210. The van der Waals surface area contributed by atoms with E-state index in [1.165, 1.54) is 32.1 Å². The van der Waals surface area contributed by atoms with E-state index in [1.54, 1.807) is 18.4 Å². The summed E-state index contributed by atoms with van der Waals surface area (Å²) in [5.74, 6) is 0.519. The van der Waals surface area contributed by atoms with Crippen LogP contribution >= 0.6 is 11.3 Å². The number of aliphatic hydroxyl groups is 1. The van der Waals surface area contributed by atoms with Crippen LogP contribution in [0.4, 0.5) is 0 Å². The maximum absolute atomic E-state index is 12.8. The molecule has 0 spiro atoms. The van der Waals surface area contributed by atoms with Crippen LogP contribution in [-0.4, -0.2) is 65.2 Å². The average molecular weight is 422 g/mol. The molecule has 3 aliphatic rings. The Hall–Kier alpha value is -1.02. The van der Waals surface area contributed by atoms with Gasteiger partial charge < -0.3 is 14.7 Å². The van der Waals surface area contributed by atoms with Gasteiger partial charge in [0.2, 0.25) is 5.91 Å². The zero-order valence-electron chi connectivity index (χ0n) is 17.6. The van der Waals surface area contributed by atoms with Crippen molar-refractivity contribution in [3.05, 3.63) is 16.1 Å². The highest BCUT2D eigenvalue weighted by molar-refractivity contribution is 7.09. The molecule has 3 fully saturated rings. The Balaban J connectivity index is 1.33. The van der Waals surface area contributed by atoms with Crippen LogP contribution in [0.2, 0.25) is 0 Å². The third kappa shape index (κ3) is 4.84. The number of carbonyl (C=O) groups is 1. The first-order valence-corrected chi connectivity index (χ1v) is 12.2. The van der Waals surface area contributed by atoms with E-state index < -0.39 is 5.60 Å². The number of carbonyl (C=O) groups excluding carboxylic acids is 1. The average Bonchev–Trinajstić information content (AvgIpc) is 3.40. The van der Waals surface area contributed by atoms with Gasteiger partial charge >= 0.3 is 0 Å². The molecule has 1 saturated carbocycles. The van der Waals surface area contributed by atoms with Crippen LogP contribution in [0.3, 0.4) is 0 Å². The van der Waals surface area contributed by atoms with Crippen molar-refractivity contribution in [3.8, 4) is 0 Å². The molecule has 4 rings (SSSR count). The fourth-order valence-corrected chi connectivity index (χ4v) is 6.13. The van der Waals surface area contributed by atoms with Crippen molar-refractivity contribution in [1.29, 1.82) is 0 Å². The Kier molecular flexibility index (Phi) is 6.89. The molecule has 1 aliphatic carbocycles. The van der Waals surface area contributed by atoms with Gasteiger partial charge in [-0.05, 0) is 45.1 Å². The Labute approximate surface area is 178 Å². The second kappa shape index (κ2) is 9.41. The Morgan fingerprint density at radius 1 is 1.21 bits per heavy atom. The van der Waals surface area contributed by atoms with Crippen molar-refractivity contribution >= 4 is 17.2 Å². The normalized spacial score (nSPS) is 26.1. The number of thiazole rings is 1. The molecule has 2 aliphatic heterocycles. The van der Waals surface area contributed by atoms with Crippen LogP contribution < -0.4 is 0 Å². The van der Waals surface area contributed by atoms with Crippen molar-refractivity contribution in [2.45, 2.75) is 76.0 Å². The molecule has 7 heteroatoms. The molecule has 0 radical (unpaired) electrons. The van der Waals surface area contributed by atoms with E-state index in [9.17, 15) is 9.90 Å². The summed E-state index contributed by atoms with van der Waals surface area (Å²) in [6.45, 7) is 3.97. The first kappa shape index (κ1) is 21.2. The summed E-state index contributed by atoms with van der Waals surface area (Å²) < 4.78 is 5.35. The fraction of sp³-hybridized carbons (Fsp3) is 0.818. The topological polar surface area (TPSA) is 65.9 Å². The Bertz CT molecular complexity index is 681. The predicted octanol–water partition coefficient (Wildman–Crippen LogP) is 3.14. The molecule has 162 valence electrons. The Morgan fingerprint density at radius 2 is 1.97 bits per heavy atom. The molecule has 0 bridgehead atoms. The lowest BCUT2D eigenvalue weighted by atomic mass is 9.85. The number of hydrogen-bond donors (Lipinski definition) is 1. The third-order valence-electron chi connectivity index (χ3n) is 7.08. The van der Waals surface area contributed by atoms with Gasteiger partial charge in [0.05, 0.1) is 18.8 Å². The number of piperidine rings is 1. The highest BCUT2D eigenvalue weighted by atomic mass is 32.1. The Morgan fingerprint density at radius 3 is 2.69 bits per heavy atom. The molecule has 29 heavy (non-hydrogen) atoms. The lowest BCUT2D eigenvalue weighted by Gasteiger charge is -2.39. The van der Waals surface area contributed by atoms with E-state index in [2.05, 4.69) is 4.90 Å². The van der Waals surface area contributed by atoms with Gasteiger partial charge in [-0.25, -0.2) is 4.98 Å². The molecular weight excluding hydrogens is 386 g/mol. The minimum atomic E-state index is -0.894. The SMILES string of the molecule is COC[C@H]1CCCN1Cc1nc(C2(O)CCN(C(=O)C3CCCCC3)CC2)cs1. The molecular formula is C22H35N3O3S. The van der Waals surface area contributed by atoms with Gasteiger partial charge in [-0.15, -0.1) is 11.3 Å². The number of rotatable bonds is 6. The van der Waals surface area contributed by atoms with Crippen molar-refractivity contribution in [2.24, 2.45) is 5.92 Å². The molecule has 3 heterocycles. The van der Waals surface area contributed by atoms with Gasteiger partial charge in [-0.3, -0.25) is 9.69 Å². The van der Waals surface area contributed by atoms with Crippen LogP contribution in [0.15, 0.2) is 5.38 Å². The molecule has 1 atom stereocenters. The summed E-state index contributed by atoms with van der Waals surface area (Å²) in [5, 5.41) is 14.3. The van der Waals surface area contributed by atoms with Crippen LogP contribution in [0.5, 0.6) is 0 Å². The quantitative estimate of drug-likeness (QED) is 0.764. The van der Waals surface area contributed by atoms with Crippen molar-refractivity contribution in [3.63, 3.8) is 0 Å². The van der Waals surface area contributed by atoms with E-state index in [4.69, 9.17) is 9.72 Å². The number of aromatic nitrogens is 1. The highest BCUT2D eigenvalue weighted by Gasteiger charge is 2.39. The van der Waals surface area contributed by atoms with Gasteiger partial charge in [-0.1, -0.05) is 19.3 Å². The van der Waals surface area contributed by atoms with Gasteiger partial charge in [0.25, 0.3) is 0 Å². The zero-order valence-corrected chi connectivity index (χ0v) is 18.5. The van der Waals surface area contributed by atoms with E-state index in [-0.39, 0.29) is 5.92 Å². The van der Waals surface area contributed by atoms with Crippen molar-refractivity contribution in [1.82, 2.24) is 14.8 Å². The van der Waals surface area contributed by atoms with Crippen LogP contribution in [0.25, 0.3) is 0 Å². The maximum Gasteiger partial charge on any atom is 0.225 e. The highest BCUT2D eigenvalue weighted by Crippen LogP contribution is 2.35. The first-order chi connectivity index (χ1) is 14.1. The van der Waals surface area contributed by atoms with Gasteiger partial charge in [0.1, 0.15) is 10.6 Å². The summed E-state index contributed by atoms with van der Waals surface area (Å²) in [4.78, 5) is 22.0. The van der Waals surface area contributed by atoms with E-state index in [1.807, 2.05) is 10.3 Å². The number of amides is 1. The molecule has 1 aromatic rings. The molecule has 0 unspecified atom stereocenters. The van der Waals surface area contributed by atoms with Crippen molar-refractivity contribution < 1.29 is 14.6 Å². The van der Waals surface area contributed by atoms with Crippen LogP contribution in [-0.2, 0) is 21.7 Å². The maximum atomic E-state index is 12.8. The molecule has 1 amide bonds. The molecule has 2 saturated heterocycles. The summed E-state index contributed by atoms with van der Waals surface area (Å²) >= 11 is 1.64. The summed E-state index contributed by atoms with van der Waals surface area (Å²) in [5.41, 5.74) is -0.0977. The lowest BCUT2D eigenvalue weighted by Crippen LogP contribution is -2.47. The van der Waals surface area contributed by atoms with Gasteiger partial charge in [0, 0.05) is 37.5 Å². The number of methoxy groups -OCH3 is 1. The number of hydrogen-bond acceptors (Lipinski definition) is 6. The predicted molar refractivity (Wildman–Crippen MR) is 114 cm³/mol. The van der Waals surface area contributed by atoms with Crippen LogP contribution in [0, 0.1) is 5.92 Å². The zero-order chi connectivity index (χ0) is 20.3. The second-order valence-electron chi connectivity index (χ2n) is 9.04.